The Morgan fingerprint density at radius 2 is 1.61 bits per heavy atom. The maximum atomic E-state index is 12.9. The molecule has 0 unspecified atom stereocenters. The topological polar surface area (TPSA) is 70.5 Å². The summed E-state index contributed by atoms with van der Waals surface area (Å²) in [5.41, 5.74) is 2.18. The lowest BCUT2D eigenvalue weighted by Crippen LogP contribution is -2.29. The van der Waals surface area contributed by atoms with Crippen molar-refractivity contribution < 1.29 is 14.7 Å². The van der Waals surface area contributed by atoms with Crippen molar-refractivity contribution in [2.24, 2.45) is 0 Å². The highest BCUT2D eigenvalue weighted by Gasteiger charge is 2.45. The first kappa shape index (κ1) is 17.7. The second-order valence-corrected chi connectivity index (χ2v) is 6.56. The quantitative estimate of drug-likeness (QED) is 0.432. The van der Waals surface area contributed by atoms with Crippen LogP contribution in [-0.4, -0.2) is 26.7 Å². The molecule has 1 aliphatic heterocycles. The number of rotatable bonds is 4. The third kappa shape index (κ3) is 3.18. The normalized spacial score (nSPS) is 18.4. The fourth-order valence-corrected chi connectivity index (χ4v) is 3.46. The van der Waals surface area contributed by atoms with Gasteiger partial charge in [0.15, 0.2) is 0 Å². The summed E-state index contributed by atoms with van der Waals surface area (Å²) in [7, 11) is 0. The van der Waals surface area contributed by atoms with Gasteiger partial charge in [0.1, 0.15) is 5.76 Å². The molecule has 0 radical (unpaired) electrons. The van der Waals surface area contributed by atoms with Gasteiger partial charge in [0.05, 0.1) is 11.6 Å². The van der Waals surface area contributed by atoms with Gasteiger partial charge in [-0.3, -0.25) is 14.6 Å². The van der Waals surface area contributed by atoms with Crippen LogP contribution >= 0.6 is 0 Å². The van der Waals surface area contributed by atoms with Gasteiger partial charge in [0.2, 0.25) is 0 Å². The molecule has 1 atom stereocenters. The van der Waals surface area contributed by atoms with Gasteiger partial charge >= 0.3 is 0 Å². The number of carbonyl (C=O) groups is 2. The van der Waals surface area contributed by atoms with Gasteiger partial charge in [0, 0.05) is 24.5 Å². The van der Waals surface area contributed by atoms with Crippen LogP contribution in [0.3, 0.4) is 0 Å². The highest BCUT2D eigenvalue weighted by Crippen LogP contribution is 2.40. The standard InChI is InChI=1S/C23H18N2O3/c26-21(18-11-5-2-6-12-18)19-20(17-9-3-1-4-10-17)25(23(28)22(19)27)15-16-8-7-13-24-14-16/h1-14,20,26H,15H2/t20-/m0/s1. The first-order chi connectivity index (χ1) is 13.7. The zero-order chi connectivity index (χ0) is 19.5. The fraction of sp³-hybridized carbons (Fsp3) is 0.0870. The lowest BCUT2D eigenvalue weighted by Gasteiger charge is -2.25. The van der Waals surface area contributed by atoms with E-state index in [0.717, 1.165) is 11.1 Å². The van der Waals surface area contributed by atoms with Gasteiger partial charge in [-0.25, -0.2) is 0 Å². The van der Waals surface area contributed by atoms with Crippen molar-refractivity contribution in [3.05, 3.63) is 107 Å². The molecule has 2 heterocycles. The van der Waals surface area contributed by atoms with Crippen molar-refractivity contribution in [3.8, 4) is 0 Å². The Morgan fingerprint density at radius 1 is 0.929 bits per heavy atom. The molecule has 0 bridgehead atoms. The van der Waals surface area contributed by atoms with Gasteiger partial charge < -0.3 is 10.0 Å². The molecule has 0 saturated carbocycles. The average molecular weight is 370 g/mol. The van der Waals surface area contributed by atoms with Crippen LogP contribution in [0, 0.1) is 0 Å². The highest BCUT2D eigenvalue weighted by atomic mass is 16.3. The van der Waals surface area contributed by atoms with E-state index in [0.29, 0.717) is 5.56 Å². The number of hydrogen-bond acceptors (Lipinski definition) is 4. The molecule has 1 amide bonds. The number of benzene rings is 2. The summed E-state index contributed by atoms with van der Waals surface area (Å²) in [6.45, 7) is 0.226. The number of aliphatic hydroxyl groups excluding tert-OH is 1. The van der Waals surface area contributed by atoms with Gasteiger partial charge in [-0.05, 0) is 17.2 Å². The van der Waals surface area contributed by atoms with Crippen LogP contribution in [0.5, 0.6) is 0 Å². The molecule has 4 rings (SSSR count). The van der Waals surface area contributed by atoms with Gasteiger partial charge in [-0.15, -0.1) is 0 Å². The first-order valence-corrected chi connectivity index (χ1v) is 8.94. The number of amides is 1. The summed E-state index contributed by atoms with van der Waals surface area (Å²) < 4.78 is 0. The van der Waals surface area contributed by atoms with Crippen molar-refractivity contribution >= 4 is 17.4 Å². The predicted octanol–water partition coefficient (Wildman–Crippen LogP) is 3.70. The molecule has 1 saturated heterocycles. The van der Waals surface area contributed by atoms with E-state index >= 15 is 0 Å². The molecule has 1 N–H and O–H groups in total. The lowest BCUT2D eigenvalue weighted by atomic mass is 9.95. The van der Waals surface area contributed by atoms with E-state index in [1.807, 2.05) is 42.5 Å². The van der Waals surface area contributed by atoms with Crippen molar-refractivity contribution in [2.75, 3.05) is 0 Å². The second kappa shape index (κ2) is 7.48. The summed E-state index contributed by atoms with van der Waals surface area (Å²) in [6, 6.07) is 21.1. The molecular weight excluding hydrogens is 352 g/mol. The van der Waals surface area contributed by atoms with Gasteiger partial charge in [-0.2, -0.15) is 0 Å². The molecule has 1 aromatic heterocycles. The number of likely N-dealkylation sites (tertiary alicyclic amines) is 1. The molecule has 5 nitrogen and oxygen atoms in total. The van der Waals surface area contributed by atoms with Crippen LogP contribution in [0.2, 0.25) is 0 Å². The number of aromatic nitrogens is 1. The predicted molar refractivity (Wildman–Crippen MR) is 105 cm³/mol. The minimum absolute atomic E-state index is 0.103. The zero-order valence-corrected chi connectivity index (χ0v) is 15.0. The number of aliphatic hydroxyl groups is 1. The number of hydrogen-bond donors (Lipinski definition) is 1. The van der Waals surface area contributed by atoms with E-state index in [2.05, 4.69) is 4.98 Å². The third-order valence-electron chi connectivity index (χ3n) is 4.78. The SMILES string of the molecule is O=C1C(=O)N(Cc2cccnc2)[C@@H](c2ccccc2)C1=C(O)c1ccccc1. The highest BCUT2D eigenvalue weighted by molar-refractivity contribution is 6.46. The molecule has 1 fully saturated rings. The molecule has 2 aromatic carbocycles. The van der Waals surface area contributed by atoms with Crippen LogP contribution in [0.1, 0.15) is 22.7 Å². The maximum Gasteiger partial charge on any atom is 0.295 e. The Bertz CT molecular complexity index is 1030. The van der Waals surface area contributed by atoms with Crippen LogP contribution in [0.4, 0.5) is 0 Å². The minimum atomic E-state index is -0.681. The molecule has 5 heteroatoms. The van der Waals surface area contributed by atoms with E-state index in [-0.39, 0.29) is 17.9 Å². The Balaban J connectivity index is 1.85. The van der Waals surface area contributed by atoms with E-state index in [1.54, 1.807) is 42.7 Å². The molecular formula is C23H18N2O3. The largest absolute Gasteiger partial charge is 0.507 e. The Labute approximate surface area is 162 Å². The van der Waals surface area contributed by atoms with Crippen molar-refractivity contribution in [2.45, 2.75) is 12.6 Å². The smallest absolute Gasteiger partial charge is 0.295 e. The summed E-state index contributed by atoms with van der Waals surface area (Å²) in [4.78, 5) is 31.3. The van der Waals surface area contributed by atoms with Crippen LogP contribution in [-0.2, 0) is 16.1 Å². The van der Waals surface area contributed by atoms with E-state index in [1.165, 1.54) is 4.90 Å². The van der Waals surface area contributed by atoms with Gasteiger partial charge in [0.25, 0.3) is 11.7 Å². The van der Waals surface area contributed by atoms with E-state index in [9.17, 15) is 14.7 Å². The van der Waals surface area contributed by atoms with Crippen LogP contribution in [0.25, 0.3) is 5.76 Å². The Kier molecular flexibility index (Phi) is 4.72. The number of carbonyl (C=O) groups excluding carboxylic acids is 2. The van der Waals surface area contributed by atoms with Gasteiger partial charge in [-0.1, -0.05) is 66.7 Å². The van der Waals surface area contributed by atoms with Crippen molar-refractivity contribution in [1.82, 2.24) is 9.88 Å². The van der Waals surface area contributed by atoms with Crippen LogP contribution in [0.15, 0.2) is 90.8 Å². The first-order valence-electron chi connectivity index (χ1n) is 8.94. The summed E-state index contributed by atoms with van der Waals surface area (Å²) in [5, 5.41) is 10.9. The molecule has 1 aliphatic rings. The average Bonchev–Trinajstić information content (AvgIpc) is 3.00. The number of Topliss-reactive ketones (excluding diaryl/α,β-unsaturated/α-hetero) is 1. The number of nitrogens with zero attached hydrogens (tertiary/aromatic N) is 2. The van der Waals surface area contributed by atoms with Crippen molar-refractivity contribution in [3.63, 3.8) is 0 Å². The fourth-order valence-electron chi connectivity index (χ4n) is 3.46. The summed E-state index contributed by atoms with van der Waals surface area (Å²) in [5.74, 6) is -1.48. The monoisotopic (exact) mass is 370 g/mol. The Morgan fingerprint density at radius 3 is 2.25 bits per heavy atom. The summed E-state index contributed by atoms with van der Waals surface area (Å²) >= 11 is 0. The van der Waals surface area contributed by atoms with Crippen LogP contribution < -0.4 is 0 Å². The van der Waals surface area contributed by atoms with E-state index in [4.69, 9.17) is 0 Å². The van der Waals surface area contributed by atoms with Crippen molar-refractivity contribution in [1.29, 1.82) is 0 Å². The zero-order valence-electron chi connectivity index (χ0n) is 15.0. The number of pyridine rings is 1. The Hall–Kier alpha value is -3.73. The minimum Gasteiger partial charge on any atom is -0.507 e. The third-order valence-corrected chi connectivity index (χ3v) is 4.78. The lowest BCUT2D eigenvalue weighted by molar-refractivity contribution is -0.140. The molecule has 0 aliphatic carbocycles. The molecule has 28 heavy (non-hydrogen) atoms. The van der Waals surface area contributed by atoms with E-state index < -0.39 is 17.7 Å². The molecule has 0 spiro atoms. The summed E-state index contributed by atoms with van der Waals surface area (Å²) in [6.07, 6.45) is 3.32. The molecule has 138 valence electrons. The number of ketones is 1. The maximum absolute atomic E-state index is 12.9. The second-order valence-electron chi connectivity index (χ2n) is 6.56. The molecule has 3 aromatic rings.